The van der Waals surface area contributed by atoms with E-state index in [-0.39, 0.29) is 5.82 Å². The van der Waals surface area contributed by atoms with Crippen LogP contribution < -0.4 is 10.2 Å². The maximum atomic E-state index is 14.3. The molecule has 0 aliphatic carbocycles. The average Bonchev–Trinajstić information content (AvgIpc) is 2.67. The smallest absolute Gasteiger partial charge is 0.129 e. The van der Waals surface area contributed by atoms with E-state index in [1.807, 2.05) is 6.07 Å². The van der Waals surface area contributed by atoms with Crippen LogP contribution in [0.4, 0.5) is 10.1 Å². The summed E-state index contributed by atoms with van der Waals surface area (Å²) in [6, 6.07) is 5.94. The predicted octanol–water partition coefficient (Wildman–Crippen LogP) is 2.86. The molecule has 0 saturated carbocycles. The third-order valence-electron chi connectivity index (χ3n) is 4.33. The van der Waals surface area contributed by atoms with Gasteiger partial charge in [0.25, 0.3) is 0 Å². The van der Waals surface area contributed by atoms with Crippen LogP contribution in [0.3, 0.4) is 0 Å². The molecular formula is C17H28FN3. The molecule has 0 spiro atoms. The van der Waals surface area contributed by atoms with Crippen LogP contribution in [-0.2, 0) is 6.54 Å². The van der Waals surface area contributed by atoms with Gasteiger partial charge in [-0.25, -0.2) is 4.39 Å². The molecule has 0 bridgehead atoms. The van der Waals surface area contributed by atoms with Gasteiger partial charge in [0.1, 0.15) is 5.82 Å². The molecule has 118 valence electrons. The summed E-state index contributed by atoms with van der Waals surface area (Å²) in [5, 5.41) is 3.27. The van der Waals surface area contributed by atoms with Crippen LogP contribution in [-0.4, -0.2) is 44.2 Å². The Balaban J connectivity index is 2.31. The average molecular weight is 293 g/mol. The van der Waals surface area contributed by atoms with Crippen LogP contribution in [0.25, 0.3) is 0 Å². The lowest BCUT2D eigenvalue weighted by molar-refractivity contribution is 0.328. The van der Waals surface area contributed by atoms with Crippen molar-refractivity contribution in [2.45, 2.75) is 39.3 Å². The quantitative estimate of drug-likeness (QED) is 0.900. The summed E-state index contributed by atoms with van der Waals surface area (Å²) in [5.74, 6) is -0.0964. The van der Waals surface area contributed by atoms with Crippen molar-refractivity contribution in [2.75, 3.05) is 38.1 Å². The van der Waals surface area contributed by atoms with Gasteiger partial charge in [-0.2, -0.15) is 0 Å². The van der Waals surface area contributed by atoms with E-state index in [1.165, 1.54) is 0 Å². The summed E-state index contributed by atoms with van der Waals surface area (Å²) in [6.07, 6.45) is 2.21. The van der Waals surface area contributed by atoms with Gasteiger partial charge in [0.05, 0.1) is 0 Å². The van der Waals surface area contributed by atoms with Crippen LogP contribution >= 0.6 is 0 Å². The summed E-state index contributed by atoms with van der Waals surface area (Å²) in [7, 11) is 2.18. The predicted molar refractivity (Wildman–Crippen MR) is 87.3 cm³/mol. The zero-order valence-electron chi connectivity index (χ0n) is 13.5. The topological polar surface area (TPSA) is 18.5 Å². The van der Waals surface area contributed by atoms with Crippen LogP contribution in [0.5, 0.6) is 0 Å². The second kappa shape index (κ2) is 7.76. The Morgan fingerprint density at radius 2 is 2.10 bits per heavy atom. The van der Waals surface area contributed by atoms with E-state index < -0.39 is 0 Å². The standard InChI is InChI=1S/C17H28FN3/c1-4-14-13-20(3)10-7-11-21(14)17-9-6-8-16(18)15(17)12-19-5-2/h6,8-9,14,19H,4-5,7,10-13H2,1-3H3. The van der Waals surface area contributed by atoms with Crippen LogP contribution in [0.15, 0.2) is 18.2 Å². The molecule has 0 aromatic heterocycles. The molecule has 1 aromatic rings. The Kier molecular flexibility index (Phi) is 6.00. The molecule has 1 aromatic carbocycles. The van der Waals surface area contributed by atoms with Gasteiger partial charge < -0.3 is 15.1 Å². The maximum Gasteiger partial charge on any atom is 0.129 e. The molecule has 1 saturated heterocycles. The van der Waals surface area contributed by atoms with Gasteiger partial charge in [0, 0.05) is 36.9 Å². The summed E-state index contributed by atoms with van der Waals surface area (Å²) in [5.41, 5.74) is 1.88. The van der Waals surface area contributed by atoms with Crippen molar-refractivity contribution in [3.8, 4) is 0 Å². The van der Waals surface area contributed by atoms with Gasteiger partial charge in [-0.15, -0.1) is 0 Å². The molecular weight excluding hydrogens is 265 g/mol. The molecule has 4 heteroatoms. The van der Waals surface area contributed by atoms with Crippen molar-refractivity contribution < 1.29 is 4.39 Å². The normalized spacial score (nSPS) is 20.6. The van der Waals surface area contributed by atoms with Crippen LogP contribution in [0.2, 0.25) is 0 Å². The summed E-state index contributed by atoms with van der Waals surface area (Å²) in [4.78, 5) is 4.80. The first-order chi connectivity index (χ1) is 10.2. The van der Waals surface area contributed by atoms with Gasteiger partial charge in [-0.05, 0) is 45.1 Å². The minimum atomic E-state index is -0.0964. The molecule has 21 heavy (non-hydrogen) atoms. The number of nitrogens with zero attached hydrogens (tertiary/aromatic N) is 2. The molecule has 1 atom stereocenters. The lowest BCUT2D eigenvalue weighted by Crippen LogP contribution is -2.40. The minimum absolute atomic E-state index is 0.0964. The molecule has 1 heterocycles. The first-order valence-corrected chi connectivity index (χ1v) is 8.10. The largest absolute Gasteiger partial charge is 0.367 e. The molecule has 1 N–H and O–H groups in total. The highest BCUT2D eigenvalue weighted by atomic mass is 19.1. The van der Waals surface area contributed by atoms with Gasteiger partial charge in [-0.3, -0.25) is 0 Å². The van der Waals surface area contributed by atoms with Gasteiger partial charge in [0.2, 0.25) is 0 Å². The first kappa shape index (κ1) is 16.2. The molecule has 1 aliphatic heterocycles. The zero-order valence-corrected chi connectivity index (χ0v) is 13.5. The van der Waals surface area contributed by atoms with Gasteiger partial charge in [-0.1, -0.05) is 19.9 Å². The third-order valence-corrected chi connectivity index (χ3v) is 4.33. The second-order valence-electron chi connectivity index (χ2n) is 5.89. The Bertz CT molecular complexity index is 450. The van der Waals surface area contributed by atoms with Crippen molar-refractivity contribution in [3.05, 3.63) is 29.6 Å². The van der Waals surface area contributed by atoms with Crippen molar-refractivity contribution in [2.24, 2.45) is 0 Å². The number of hydrogen-bond acceptors (Lipinski definition) is 3. The van der Waals surface area contributed by atoms with Crippen molar-refractivity contribution >= 4 is 5.69 Å². The Morgan fingerprint density at radius 3 is 2.81 bits per heavy atom. The lowest BCUT2D eigenvalue weighted by Gasteiger charge is -2.34. The summed E-state index contributed by atoms with van der Waals surface area (Å²) < 4.78 is 14.3. The maximum absolute atomic E-state index is 14.3. The number of benzene rings is 1. The van der Waals surface area contributed by atoms with Crippen molar-refractivity contribution in [3.63, 3.8) is 0 Å². The van der Waals surface area contributed by atoms with E-state index in [0.29, 0.717) is 12.6 Å². The van der Waals surface area contributed by atoms with E-state index in [1.54, 1.807) is 6.07 Å². The Morgan fingerprint density at radius 1 is 1.29 bits per heavy atom. The molecule has 1 aliphatic rings. The van der Waals surface area contributed by atoms with Crippen LogP contribution in [0.1, 0.15) is 32.3 Å². The summed E-state index contributed by atoms with van der Waals surface area (Å²) in [6.45, 7) is 8.90. The Labute approximate surface area is 128 Å². The van der Waals surface area contributed by atoms with E-state index in [2.05, 4.69) is 42.1 Å². The molecule has 1 unspecified atom stereocenters. The van der Waals surface area contributed by atoms with Crippen LogP contribution in [0, 0.1) is 5.82 Å². The minimum Gasteiger partial charge on any atom is -0.367 e. The van der Waals surface area contributed by atoms with Gasteiger partial charge >= 0.3 is 0 Å². The van der Waals surface area contributed by atoms with E-state index in [0.717, 1.165) is 50.3 Å². The fourth-order valence-corrected chi connectivity index (χ4v) is 3.15. The van der Waals surface area contributed by atoms with E-state index in [4.69, 9.17) is 0 Å². The first-order valence-electron chi connectivity index (χ1n) is 8.10. The SMILES string of the molecule is CCNCc1c(F)cccc1N1CCCN(C)CC1CC. The number of anilines is 1. The van der Waals surface area contributed by atoms with Gasteiger partial charge in [0.15, 0.2) is 0 Å². The monoisotopic (exact) mass is 293 g/mol. The fourth-order valence-electron chi connectivity index (χ4n) is 3.15. The molecule has 1 fully saturated rings. The number of halogens is 1. The van der Waals surface area contributed by atoms with E-state index in [9.17, 15) is 4.39 Å². The lowest BCUT2D eigenvalue weighted by atomic mass is 10.1. The molecule has 3 nitrogen and oxygen atoms in total. The highest BCUT2D eigenvalue weighted by Crippen LogP contribution is 2.27. The van der Waals surface area contributed by atoms with Crippen molar-refractivity contribution in [1.29, 1.82) is 0 Å². The number of rotatable bonds is 5. The Hall–Kier alpha value is -1.13. The second-order valence-corrected chi connectivity index (χ2v) is 5.89. The highest BCUT2D eigenvalue weighted by Gasteiger charge is 2.24. The highest BCUT2D eigenvalue weighted by molar-refractivity contribution is 5.55. The molecule has 0 amide bonds. The summed E-state index contributed by atoms with van der Waals surface area (Å²) >= 11 is 0. The van der Waals surface area contributed by atoms with Crippen molar-refractivity contribution in [1.82, 2.24) is 10.2 Å². The fraction of sp³-hybridized carbons (Fsp3) is 0.647. The number of hydrogen-bond donors (Lipinski definition) is 1. The molecule has 2 rings (SSSR count). The molecule has 0 radical (unpaired) electrons. The number of nitrogens with one attached hydrogen (secondary N) is 1. The van der Waals surface area contributed by atoms with E-state index >= 15 is 0 Å². The number of likely N-dealkylation sites (N-methyl/N-ethyl adjacent to an activating group) is 1. The third kappa shape index (κ3) is 3.95. The zero-order chi connectivity index (χ0) is 15.2.